The molecule has 0 bridgehead atoms. The predicted octanol–water partition coefficient (Wildman–Crippen LogP) is 1.38. The molecule has 134 valence electrons. The number of rotatable bonds is 4. The van der Waals surface area contributed by atoms with Crippen molar-refractivity contribution < 1.29 is 4.79 Å². The second kappa shape index (κ2) is 6.93. The van der Waals surface area contributed by atoms with Gasteiger partial charge < -0.3 is 9.80 Å². The molecule has 2 aromatic rings. The smallest absolute Gasteiger partial charge is 0.222 e. The molecule has 0 unspecified atom stereocenters. The van der Waals surface area contributed by atoms with Crippen molar-refractivity contribution in [2.75, 3.05) is 31.1 Å². The number of carbonyl (C=O) groups is 1. The van der Waals surface area contributed by atoms with Crippen molar-refractivity contribution in [2.24, 2.45) is 13.0 Å². The predicted molar refractivity (Wildman–Crippen MR) is 94.1 cm³/mol. The van der Waals surface area contributed by atoms with E-state index in [0.717, 1.165) is 55.5 Å². The van der Waals surface area contributed by atoms with Gasteiger partial charge in [-0.25, -0.2) is 14.6 Å². The van der Waals surface area contributed by atoms with Crippen molar-refractivity contribution in [3.8, 4) is 0 Å². The van der Waals surface area contributed by atoms with Gasteiger partial charge in [0.05, 0.1) is 0 Å². The van der Waals surface area contributed by atoms with E-state index in [2.05, 4.69) is 25.2 Å². The van der Waals surface area contributed by atoms with E-state index in [4.69, 9.17) is 0 Å². The summed E-state index contributed by atoms with van der Waals surface area (Å²) in [5.41, 5.74) is 1.46. The second-order valence-electron chi connectivity index (χ2n) is 7.14. The Balaban J connectivity index is 1.35. The minimum Gasteiger partial charge on any atom is -0.351 e. The molecule has 0 aromatic carbocycles. The van der Waals surface area contributed by atoms with Crippen LogP contribution in [0.2, 0.25) is 0 Å². The highest BCUT2D eigenvalue weighted by Gasteiger charge is 2.25. The van der Waals surface area contributed by atoms with Crippen LogP contribution in [0.1, 0.15) is 38.5 Å². The fourth-order valence-electron chi connectivity index (χ4n) is 4.02. The Morgan fingerprint density at radius 1 is 1.16 bits per heavy atom. The van der Waals surface area contributed by atoms with Crippen LogP contribution in [0.5, 0.6) is 0 Å². The number of nitrogens with zero attached hydrogens (tertiary/aromatic N) is 7. The molecule has 1 saturated carbocycles. The molecule has 3 heterocycles. The fraction of sp³-hybridized carbons (Fsp3) is 0.706. The number of amides is 1. The van der Waals surface area contributed by atoms with Gasteiger partial charge >= 0.3 is 0 Å². The summed E-state index contributed by atoms with van der Waals surface area (Å²) < 4.78 is 1.66. The van der Waals surface area contributed by atoms with Crippen LogP contribution in [-0.4, -0.2) is 61.9 Å². The summed E-state index contributed by atoms with van der Waals surface area (Å²) in [6, 6.07) is 0. The van der Waals surface area contributed by atoms with Crippen LogP contribution in [0.4, 0.5) is 5.82 Å². The van der Waals surface area contributed by atoms with Crippen LogP contribution in [0.15, 0.2) is 6.33 Å². The molecule has 8 nitrogen and oxygen atoms in total. The molecule has 0 N–H and O–H groups in total. The number of aryl methyl sites for hydroxylation is 1. The van der Waals surface area contributed by atoms with Gasteiger partial charge in [-0.1, -0.05) is 30.9 Å². The van der Waals surface area contributed by atoms with Gasteiger partial charge in [-0.3, -0.25) is 4.79 Å². The zero-order valence-electron chi connectivity index (χ0n) is 14.8. The minimum atomic E-state index is 0.305. The zero-order chi connectivity index (χ0) is 17.2. The summed E-state index contributed by atoms with van der Waals surface area (Å²) in [5.74, 6) is 1.89. The lowest BCUT2D eigenvalue weighted by Crippen LogP contribution is -2.49. The molecule has 2 aliphatic rings. The summed E-state index contributed by atoms with van der Waals surface area (Å²) in [6.07, 6.45) is 8.62. The van der Waals surface area contributed by atoms with Crippen LogP contribution < -0.4 is 4.90 Å². The quantitative estimate of drug-likeness (QED) is 0.834. The van der Waals surface area contributed by atoms with E-state index in [1.807, 2.05) is 11.9 Å². The SMILES string of the molecule is Cn1nnc2c(N3CCN(C(=O)CCC4CCCC4)CC3)ncnc21. The molecule has 1 amide bonds. The van der Waals surface area contributed by atoms with Gasteiger partial charge in [0, 0.05) is 39.6 Å². The molecule has 0 radical (unpaired) electrons. The van der Waals surface area contributed by atoms with Crippen molar-refractivity contribution in [1.82, 2.24) is 29.9 Å². The fourth-order valence-corrected chi connectivity index (χ4v) is 4.02. The number of anilines is 1. The lowest BCUT2D eigenvalue weighted by Gasteiger charge is -2.35. The van der Waals surface area contributed by atoms with E-state index in [0.29, 0.717) is 12.3 Å². The Bertz CT molecular complexity index is 745. The van der Waals surface area contributed by atoms with E-state index < -0.39 is 0 Å². The Kier molecular flexibility index (Phi) is 4.50. The monoisotopic (exact) mass is 343 g/mol. The standard InChI is InChI=1S/C17H25N7O/c1-22-16-15(20-21-22)17(19-12-18-16)24-10-8-23(9-11-24)14(25)7-6-13-4-2-3-5-13/h12-13H,2-11H2,1H3. The third kappa shape index (κ3) is 3.29. The summed E-state index contributed by atoms with van der Waals surface area (Å²) in [7, 11) is 1.83. The average molecular weight is 343 g/mol. The largest absolute Gasteiger partial charge is 0.351 e. The van der Waals surface area contributed by atoms with E-state index in [1.165, 1.54) is 25.7 Å². The molecule has 0 atom stereocenters. The maximum absolute atomic E-state index is 12.5. The topological polar surface area (TPSA) is 80.0 Å². The molecular weight excluding hydrogens is 318 g/mol. The molecule has 1 aliphatic carbocycles. The summed E-state index contributed by atoms with van der Waals surface area (Å²) in [4.78, 5) is 25.3. The van der Waals surface area contributed by atoms with Crippen molar-refractivity contribution in [1.29, 1.82) is 0 Å². The van der Waals surface area contributed by atoms with Crippen LogP contribution in [-0.2, 0) is 11.8 Å². The number of aromatic nitrogens is 5. The molecule has 25 heavy (non-hydrogen) atoms. The van der Waals surface area contributed by atoms with Crippen LogP contribution in [0.3, 0.4) is 0 Å². The normalized spacial score (nSPS) is 19.1. The van der Waals surface area contributed by atoms with Gasteiger partial charge in [0.1, 0.15) is 6.33 Å². The first kappa shape index (κ1) is 16.2. The van der Waals surface area contributed by atoms with Crippen LogP contribution >= 0.6 is 0 Å². The van der Waals surface area contributed by atoms with Gasteiger partial charge in [-0.05, 0) is 12.3 Å². The van der Waals surface area contributed by atoms with Crippen molar-refractivity contribution in [3.63, 3.8) is 0 Å². The molecule has 8 heteroatoms. The van der Waals surface area contributed by atoms with E-state index in [1.54, 1.807) is 11.0 Å². The van der Waals surface area contributed by atoms with Gasteiger partial charge in [-0.15, -0.1) is 5.10 Å². The van der Waals surface area contributed by atoms with Gasteiger partial charge in [0.2, 0.25) is 5.91 Å². The molecule has 2 fully saturated rings. The number of hydrogen-bond acceptors (Lipinski definition) is 6. The number of hydrogen-bond donors (Lipinski definition) is 0. The van der Waals surface area contributed by atoms with Crippen molar-refractivity contribution >= 4 is 22.9 Å². The third-order valence-corrected chi connectivity index (χ3v) is 5.54. The average Bonchev–Trinajstić information content (AvgIpc) is 3.30. The number of fused-ring (bicyclic) bond motifs is 1. The highest BCUT2D eigenvalue weighted by atomic mass is 16.2. The van der Waals surface area contributed by atoms with E-state index >= 15 is 0 Å². The number of carbonyl (C=O) groups excluding carboxylic acids is 1. The first-order valence-corrected chi connectivity index (χ1v) is 9.25. The van der Waals surface area contributed by atoms with E-state index in [-0.39, 0.29) is 0 Å². The second-order valence-corrected chi connectivity index (χ2v) is 7.14. The number of piperazine rings is 1. The van der Waals surface area contributed by atoms with Gasteiger partial charge in [0.25, 0.3) is 0 Å². The lowest BCUT2D eigenvalue weighted by molar-refractivity contribution is -0.131. The van der Waals surface area contributed by atoms with Gasteiger partial charge in [0.15, 0.2) is 17.0 Å². The molecule has 0 spiro atoms. The highest BCUT2D eigenvalue weighted by molar-refractivity contribution is 5.83. The Hall–Kier alpha value is -2.25. The van der Waals surface area contributed by atoms with Crippen LogP contribution in [0.25, 0.3) is 11.2 Å². The lowest BCUT2D eigenvalue weighted by atomic mass is 10.0. The molecule has 2 aromatic heterocycles. The first-order valence-electron chi connectivity index (χ1n) is 9.25. The van der Waals surface area contributed by atoms with Crippen LogP contribution in [0, 0.1) is 5.92 Å². The molecular formula is C17H25N7O. The highest BCUT2D eigenvalue weighted by Crippen LogP contribution is 2.29. The minimum absolute atomic E-state index is 0.305. The zero-order valence-corrected chi connectivity index (χ0v) is 14.8. The first-order chi connectivity index (χ1) is 12.2. The van der Waals surface area contributed by atoms with E-state index in [9.17, 15) is 4.79 Å². The summed E-state index contributed by atoms with van der Waals surface area (Å²) in [5, 5.41) is 8.22. The molecule has 1 saturated heterocycles. The maximum atomic E-state index is 12.5. The van der Waals surface area contributed by atoms with Crippen molar-refractivity contribution in [3.05, 3.63) is 6.33 Å². The van der Waals surface area contributed by atoms with Crippen molar-refractivity contribution in [2.45, 2.75) is 38.5 Å². The Morgan fingerprint density at radius 2 is 1.92 bits per heavy atom. The maximum Gasteiger partial charge on any atom is 0.222 e. The third-order valence-electron chi connectivity index (χ3n) is 5.54. The summed E-state index contributed by atoms with van der Waals surface area (Å²) in [6.45, 7) is 3.04. The summed E-state index contributed by atoms with van der Waals surface area (Å²) >= 11 is 0. The Morgan fingerprint density at radius 3 is 2.68 bits per heavy atom. The molecule has 1 aliphatic heterocycles. The Labute approximate surface area is 147 Å². The van der Waals surface area contributed by atoms with Gasteiger partial charge in [-0.2, -0.15) is 0 Å². The molecule has 4 rings (SSSR count).